The van der Waals surface area contributed by atoms with E-state index in [9.17, 15) is 9.59 Å². The standard InChI is InChI=1S/C32H20Cl4N2O5/c33-20-6-11-23(12-7-20)41-32(42-24-13-8-21(34)9-14-24)30(39)38-37-18-27-25-4-2-1-3-19(25)5-16-29(27)43-31(40)26-15-10-22(35)17-28(26)36/h1-18,32H,(H,38,39). The molecule has 0 saturated carbocycles. The predicted octanol–water partition coefficient (Wildman–Crippen LogP) is 8.61. The van der Waals surface area contributed by atoms with Crippen LogP contribution >= 0.6 is 46.4 Å². The van der Waals surface area contributed by atoms with E-state index in [2.05, 4.69) is 10.5 Å². The Bertz CT molecular complexity index is 1760. The second-order valence-electron chi connectivity index (χ2n) is 8.92. The van der Waals surface area contributed by atoms with E-state index in [0.29, 0.717) is 32.1 Å². The largest absolute Gasteiger partial charge is 0.446 e. The predicted molar refractivity (Wildman–Crippen MR) is 169 cm³/mol. The monoisotopic (exact) mass is 652 g/mol. The summed E-state index contributed by atoms with van der Waals surface area (Å²) in [5.74, 6) is -0.534. The molecule has 216 valence electrons. The first-order chi connectivity index (χ1) is 20.8. The van der Waals surface area contributed by atoms with E-state index in [1.165, 1.54) is 24.4 Å². The average molecular weight is 654 g/mol. The number of hydrogen-bond acceptors (Lipinski definition) is 6. The van der Waals surface area contributed by atoms with Crippen LogP contribution in [0.5, 0.6) is 17.2 Å². The van der Waals surface area contributed by atoms with Crippen LogP contribution in [0.2, 0.25) is 20.1 Å². The Hall–Kier alpha value is -4.27. The van der Waals surface area contributed by atoms with Crippen LogP contribution < -0.4 is 19.6 Å². The van der Waals surface area contributed by atoms with Gasteiger partial charge in [-0.2, -0.15) is 5.10 Å². The minimum absolute atomic E-state index is 0.136. The first-order valence-corrected chi connectivity index (χ1v) is 14.1. The Balaban J connectivity index is 1.40. The third kappa shape index (κ3) is 7.77. The fourth-order valence-corrected chi connectivity index (χ4v) is 4.66. The van der Waals surface area contributed by atoms with Crippen molar-refractivity contribution in [1.29, 1.82) is 0 Å². The number of fused-ring (bicyclic) bond motifs is 1. The summed E-state index contributed by atoms with van der Waals surface area (Å²) < 4.78 is 17.3. The van der Waals surface area contributed by atoms with E-state index in [1.807, 2.05) is 24.3 Å². The Kier molecular flexibility index (Phi) is 9.69. The van der Waals surface area contributed by atoms with Gasteiger partial charge in [-0.3, -0.25) is 4.79 Å². The summed E-state index contributed by atoms with van der Waals surface area (Å²) >= 11 is 24.1. The van der Waals surface area contributed by atoms with Crippen molar-refractivity contribution in [3.05, 3.63) is 134 Å². The molecule has 0 aromatic heterocycles. The first kappa shape index (κ1) is 30.2. The maximum Gasteiger partial charge on any atom is 0.345 e. The summed E-state index contributed by atoms with van der Waals surface area (Å²) in [4.78, 5) is 26.2. The van der Waals surface area contributed by atoms with Crippen LogP contribution in [-0.2, 0) is 4.79 Å². The summed E-state index contributed by atoms with van der Waals surface area (Å²) in [7, 11) is 0. The highest BCUT2D eigenvalue weighted by atomic mass is 35.5. The van der Waals surface area contributed by atoms with E-state index in [4.69, 9.17) is 60.6 Å². The number of halogens is 4. The Morgan fingerprint density at radius 2 is 1.33 bits per heavy atom. The average Bonchev–Trinajstić information content (AvgIpc) is 2.99. The molecule has 1 amide bonds. The SMILES string of the molecule is O=C(Oc1ccc2ccccc2c1C=NNC(=O)C(Oc1ccc(Cl)cc1)Oc1ccc(Cl)cc1)c1ccc(Cl)cc1Cl. The van der Waals surface area contributed by atoms with Crippen molar-refractivity contribution >= 4 is 75.3 Å². The summed E-state index contributed by atoms with van der Waals surface area (Å²) in [5, 5.41) is 7.24. The number of carbonyl (C=O) groups is 2. The van der Waals surface area contributed by atoms with E-state index in [1.54, 1.807) is 60.7 Å². The summed E-state index contributed by atoms with van der Waals surface area (Å²) in [5.41, 5.74) is 3.01. The van der Waals surface area contributed by atoms with Crippen molar-refractivity contribution in [3.63, 3.8) is 0 Å². The highest BCUT2D eigenvalue weighted by molar-refractivity contribution is 6.36. The van der Waals surface area contributed by atoms with Gasteiger partial charge in [0.2, 0.25) is 0 Å². The van der Waals surface area contributed by atoms with Crippen LogP contribution in [0.15, 0.2) is 108 Å². The van der Waals surface area contributed by atoms with Crippen LogP contribution in [0.25, 0.3) is 10.8 Å². The maximum absolute atomic E-state index is 13.2. The number of benzene rings is 5. The lowest BCUT2D eigenvalue weighted by atomic mass is 10.0. The van der Waals surface area contributed by atoms with Crippen molar-refractivity contribution in [1.82, 2.24) is 5.43 Å². The van der Waals surface area contributed by atoms with Gasteiger partial charge in [-0.1, -0.05) is 76.7 Å². The first-order valence-electron chi connectivity index (χ1n) is 12.6. The number of amides is 1. The smallest absolute Gasteiger partial charge is 0.345 e. The third-order valence-electron chi connectivity index (χ3n) is 5.98. The molecule has 11 heteroatoms. The quantitative estimate of drug-likeness (QED) is 0.0566. The molecule has 0 radical (unpaired) electrons. The van der Waals surface area contributed by atoms with Crippen LogP contribution in [0.4, 0.5) is 0 Å². The molecular formula is C32H20Cl4N2O5. The zero-order valence-electron chi connectivity index (χ0n) is 22.0. The molecule has 0 aliphatic carbocycles. The van der Waals surface area contributed by atoms with Crippen molar-refractivity contribution in [2.24, 2.45) is 5.10 Å². The second-order valence-corrected chi connectivity index (χ2v) is 10.6. The van der Waals surface area contributed by atoms with Crippen LogP contribution in [0.1, 0.15) is 15.9 Å². The zero-order chi connectivity index (χ0) is 30.3. The van der Waals surface area contributed by atoms with Crippen LogP contribution in [0, 0.1) is 0 Å². The fraction of sp³-hybridized carbons (Fsp3) is 0.0312. The van der Waals surface area contributed by atoms with Gasteiger partial charge >= 0.3 is 18.2 Å². The molecule has 0 spiro atoms. The Morgan fingerprint density at radius 1 is 0.721 bits per heavy atom. The van der Waals surface area contributed by atoms with Crippen molar-refractivity contribution in [2.45, 2.75) is 6.29 Å². The van der Waals surface area contributed by atoms with Crippen molar-refractivity contribution in [3.8, 4) is 17.2 Å². The number of nitrogens with one attached hydrogen (secondary N) is 1. The highest BCUT2D eigenvalue weighted by Gasteiger charge is 2.23. The van der Waals surface area contributed by atoms with Crippen molar-refractivity contribution in [2.75, 3.05) is 0 Å². The molecule has 5 aromatic carbocycles. The molecule has 0 bridgehead atoms. The Labute approximate surface area is 266 Å². The minimum atomic E-state index is -1.43. The zero-order valence-corrected chi connectivity index (χ0v) is 25.0. The van der Waals surface area contributed by atoms with Gasteiger partial charge < -0.3 is 14.2 Å². The summed E-state index contributed by atoms with van der Waals surface area (Å²) in [6, 6.07) is 28.2. The second kappa shape index (κ2) is 13.8. The molecule has 0 fully saturated rings. The van der Waals surface area contributed by atoms with E-state index >= 15 is 0 Å². The topological polar surface area (TPSA) is 86.2 Å². The number of rotatable bonds is 9. The molecule has 5 rings (SSSR count). The Morgan fingerprint density at radius 3 is 1.95 bits per heavy atom. The van der Waals surface area contributed by atoms with Crippen LogP contribution in [-0.4, -0.2) is 24.4 Å². The molecule has 1 N–H and O–H groups in total. The lowest BCUT2D eigenvalue weighted by Gasteiger charge is -2.19. The summed E-state index contributed by atoms with van der Waals surface area (Å²) in [6.07, 6.45) is -0.0649. The number of carbonyl (C=O) groups excluding carboxylic acids is 2. The summed E-state index contributed by atoms with van der Waals surface area (Å²) in [6.45, 7) is 0. The maximum atomic E-state index is 13.2. The van der Waals surface area contributed by atoms with Crippen LogP contribution in [0.3, 0.4) is 0 Å². The van der Waals surface area contributed by atoms with E-state index < -0.39 is 18.2 Å². The van der Waals surface area contributed by atoms with Gasteiger partial charge in [-0.05, 0) is 83.6 Å². The lowest BCUT2D eigenvalue weighted by Crippen LogP contribution is -2.40. The molecule has 7 nitrogen and oxygen atoms in total. The van der Waals surface area contributed by atoms with Crippen molar-refractivity contribution < 1.29 is 23.8 Å². The van der Waals surface area contributed by atoms with E-state index in [-0.39, 0.29) is 16.3 Å². The van der Waals surface area contributed by atoms with Gasteiger partial charge in [0.05, 0.1) is 16.8 Å². The minimum Gasteiger partial charge on any atom is -0.446 e. The van der Waals surface area contributed by atoms with E-state index in [0.717, 1.165) is 10.8 Å². The van der Waals surface area contributed by atoms with Gasteiger partial charge in [0.1, 0.15) is 17.2 Å². The third-order valence-corrected chi connectivity index (χ3v) is 7.03. The molecule has 0 aliphatic rings. The lowest BCUT2D eigenvalue weighted by molar-refractivity contribution is -0.140. The number of ether oxygens (including phenoxy) is 3. The molecule has 43 heavy (non-hydrogen) atoms. The molecule has 0 aliphatic heterocycles. The molecule has 0 saturated heterocycles. The molecule has 0 unspecified atom stereocenters. The highest BCUT2D eigenvalue weighted by Crippen LogP contribution is 2.29. The molecule has 0 atom stereocenters. The number of nitrogens with zero attached hydrogens (tertiary/aromatic N) is 1. The van der Waals surface area contributed by atoms with Gasteiger partial charge in [-0.15, -0.1) is 0 Å². The molecule has 0 heterocycles. The molecular weight excluding hydrogens is 634 g/mol. The van der Waals surface area contributed by atoms with Gasteiger partial charge in [0, 0.05) is 20.6 Å². The number of hydrazone groups is 1. The number of esters is 1. The van der Waals surface area contributed by atoms with Gasteiger partial charge in [0.25, 0.3) is 0 Å². The molecule has 5 aromatic rings. The van der Waals surface area contributed by atoms with Gasteiger partial charge in [0.15, 0.2) is 0 Å². The number of hydrogen-bond donors (Lipinski definition) is 1. The fourth-order valence-electron chi connectivity index (χ4n) is 3.93. The normalized spacial score (nSPS) is 11.1. The van der Waals surface area contributed by atoms with Gasteiger partial charge in [-0.25, -0.2) is 10.2 Å².